The second-order valence-corrected chi connectivity index (χ2v) is 4.29. The highest BCUT2D eigenvalue weighted by Crippen LogP contribution is 2.12. The van der Waals surface area contributed by atoms with Crippen molar-refractivity contribution in [2.45, 2.75) is 20.0 Å². The first-order chi connectivity index (χ1) is 9.61. The van der Waals surface area contributed by atoms with Crippen molar-refractivity contribution in [3.8, 4) is 5.75 Å². The summed E-state index contributed by atoms with van der Waals surface area (Å²) in [7, 11) is 0. The Morgan fingerprint density at radius 3 is 2.50 bits per heavy atom. The first kappa shape index (κ1) is 13.9. The van der Waals surface area contributed by atoms with Gasteiger partial charge in [-0.2, -0.15) is 0 Å². The van der Waals surface area contributed by atoms with Crippen LogP contribution < -0.4 is 21.7 Å². The van der Waals surface area contributed by atoms with Crippen LogP contribution in [-0.4, -0.2) is 15.7 Å². The monoisotopic (exact) mass is 275 g/mol. The molecule has 0 amide bonds. The van der Waals surface area contributed by atoms with Crippen LogP contribution >= 0.6 is 0 Å². The molecule has 2 aromatic rings. The van der Waals surface area contributed by atoms with Gasteiger partial charge in [0.15, 0.2) is 0 Å². The third-order valence-corrected chi connectivity index (χ3v) is 2.94. The van der Waals surface area contributed by atoms with Crippen molar-refractivity contribution < 1.29 is 4.74 Å². The van der Waals surface area contributed by atoms with Crippen LogP contribution in [-0.2, 0) is 13.1 Å². The number of hydrogen-bond acceptors (Lipinski definition) is 4. The molecule has 0 atom stereocenters. The molecule has 0 saturated carbocycles. The number of nitrogens with two attached hydrogens (primary N) is 1. The summed E-state index contributed by atoms with van der Waals surface area (Å²) in [5.74, 6) is 0.652. The molecule has 0 radical (unpaired) electrons. The van der Waals surface area contributed by atoms with Crippen LogP contribution in [0.2, 0.25) is 0 Å². The molecule has 0 unspecified atom stereocenters. The Morgan fingerprint density at radius 2 is 1.85 bits per heavy atom. The Hall–Kier alpha value is -2.50. The Morgan fingerprint density at radius 1 is 1.15 bits per heavy atom. The van der Waals surface area contributed by atoms with Gasteiger partial charge in [-0.05, 0) is 31.2 Å². The third-order valence-electron chi connectivity index (χ3n) is 2.94. The number of anilines is 1. The van der Waals surface area contributed by atoms with Gasteiger partial charge in [0.2, 0.25) is 0 Å². The molecular weight excluding hydrogens is 258 g/mol. The number of nitrogen functional groups attached to an aromatic ring is 1. The summed E-state index contributed by atoms with van der Waals surface area (Å²) in [6, 6.07) is 8.33. The van der Waals surface area contributed by atoms with Gasteiger partial charge in [-0.3, -0.25) is 9.36 Å². The number of aryl methyl sites for hydroxylation is 1. The van der Waals surface area contributed by atoms with Gasteiger partial charge in [-0.25, -0.2) is 4.79 Å². The van der Waals surface area contributed by atoms with Gasteiger partial charge in [0.25, 0.3) is 5.56 Å². The van der Waals surface area contributed by atoms with E-state index in [-0.39, 0.29) is 24.4 Å². The quantitative estimate of drug-likeness (QED) is 0.814. The fraction of sp³-hybridized carbons (Fsp3) is 0.286. The number of ether oxygens (including phenoxy) is 1. The number of aromatic nitrogens is 2. The fourth-order valence-electron chi connectivity index (χ4n) is 1.82. The lowest BCUT2D eigenvalue weighted by atomic mass is 10.3. The Bertz CT molecular complexity index is 686. The van der Waals surface area contributed by atoms with Gasteiger partial charge in [0.1, 0.15) is 12.4 Å². The molecule has 0 aliphatic rings. The highest BCUT2D eigenvalue weighted by molar-refractivity contribution is 5.41. The Balaban J connectivity index is 2.06. The SMILES string of the molecule is CCn1ccc(=O)n(CCOc2ccc(N)cc2)c1=O. The van der Waals surface area contributed by atoms with E-state index in [0.29, 0.717) is 18.0 Å². The van der Waals surface area contributed by atoms with E-state index in [2.05, 4.69) is 0 Å². The number of benzene rings is 1. The van der Waals surface area contributed by atoms with Crippen LogP contribution in [0.15, 0.2) is 46.1 Å². The van der Waals surface area contributed by atoms with Crippen LogP contribution in [0.4, 0.5) is 5.69 Å². The maximum atomic E-state index is 12.0. The summed E-state index contributed by atoms with van der Waals surface area (Å²) >= 11 is 0. The minimum atomic E-state index is -0.319. The lowest BCUT2D eigenvalue weighted by molar-refractivity contribution is 0.291. The van der Waals surface area contributed by atoms with Gasteiger partial charge in [-0.15, -0.1) is 0 Å². The zero-order chi connectivity index (χ0) is 14.5. The van der Waals surface area contributed by atoms with E-state index < -0.39 is 0 Å². The minimum absolute atomic E-state index is 0.211. The molecule has 1 aromatic heterocycles. The highest BCUT2D eigenvalue weighted by atomic mass is 16.5. The van der Waals surface area contributed by atoms with Gasteiger partial charge < -0.3 is 15.0 Å². The Labute approximate surface area is 116 Å². The van der Waals surface area contributed by atoms with Gasteiger partial charge in [0.05, 0.1) is 6.54 Å². The number of nitrogens with zero attached hydrogens (tertiary/aromatic N) is 2. The summed E-state index contributed by atoms with van der Waals surface area (Å²) in [6.45, 7) is 2.83. The lowest BCUT2D eigenvalue weighted by Crippen LogP contribution is -2.39. The smallest absolute Gasteiger partial charge is 0.331 e. The average Bonchev–Trinajstić information content (AvgIpc) is 2.44. The maximum absolute atomic E-state index is 12.0. The summed E-state index contributed by atoms with van der Waals surface area (Å²) in [6.07, 6.45) is 1.50. The lowest BCUT2D eigenvalue weighted by Gasteiger charge is -2.09. The van der Waals surface area contributed by atoms with E-state index in [1.165, 1.54) is 21.4 Å². The predicted molar refractivity (Wildman–Crippen MR) is 77.0 cm³/mol. The average molecular weight is 275 g/mol. The molecule has 106 valence electrons. The summed E-state index contributed by atoms with van der Waals surface area (Å²) in [4.78, 5) is 23.6. The minimum Gasteiger partial charge on any atom is -0.492 e. The molecule has 20 heavy (non-hydrogen) atoms. The molecule has 0 spiro atoms. The first-order valence-corrected chi connectivity index (χ1v) is 6.40. The van der Waals surface area contributed by atoms with Crippen molar-refractivity contribution in [3.63, 3.8) is 0 Å². The fourth-order valence-corrected chi connectivity index (χ4v) is 1.82. The molecule has 6 nitrogen and oxygen atoms in total. The molecule has 1 aromatic carbocycles. The van der Waals surface area contributed by atoms with E-state index in [1.807, 2.05) is 6.92 Å². The van der Waals surface area contributed by atoms with E-state index in [4.69, 9.17) is 10.5 Å². The molecule has 2 rings (SSSR count). The molecule has 0 aliphatic carbocycles. The van der Waals surface area contributed by atoms with Crippen molar-refractivity contribution in [1.29, 1.82) is 0 Å². The van der Waals surface area contributed by atoms with Crippen LogP contribution in [0, 0.1) is 0 Å². The molecule has 0 saturated heterocycles. The topological polar surface area (TPSA) is 79.2 Å². The standard InChI is InChI=1S/C14H17N3O3/c1-2-16-8-7-13(18)17(14(16)19)9-10-20-12-5-3-11(15)4-6-12/h3-8H,2,9-10,15H2,1H3. The van der Waals surface area contributed by atoms with Crippen LogP contribution in [0.5, 0.6) is 5.75 Å². The Kier molecular flexibility index (Phi) is 4.24. The summed E-state index contributed by atoms with van der Waals surface area (Å²) in [5, 5.41) is 0. The first-order valence-electron chi connectivity index (χ1n) is 6.40. The van der Waals surface area contributed by atoms with Crippen molar-refractivity contribution in [2.75, 3.05) is 12.3 Å². The number of hydrogen-bond donors (Lipinski definition) is 1. The zero-order valence-electron chi connectivity index (χ0n) is 11.3. The van der Waals surface area contributed by atoms with Crippen LogP contribution in [0.3, 0.4) is 0 Å². The molecular formula is C14H17N3O3. The van der Waals surface area contributed by atoms with E-state index in [0.717, 1.165) is 0 Å². The zero-order valence-corrected chi connectivity index (χ0v) is 11.3. The van der Waals surface area contributed by atoms with Gasteiger partial charge in [-0.1, -0.05) is 0 Å². The van der Waals surface area contributed by atoms with E-state index in [1.54, 1.807) is 24.3 Å². The third kappa shape index (κ3) is 3.09. The molecule has 0 aliphatic heterocycles. The maximum Gasteiger partial charge on any atom is 0.331 e. The summed E-state index contributed by atoms with van der Waals surface area (Å²) < 4.78 is 8.13. The number of rotatable bonds is 5. The normalized spacial score (nSPS) is 10.4. The van der Waals surface area contributed by atoms with Gasteiger partial charge >= 0.3 is 5.69 Å². The highest BCUT2D eigenvalue weighted by Gasteiger charge is 2.04. The molecule has 1 heterocycles. The molecule has 6 heteroatoms. The molecule has 0 bridgehead atoms. The van der Waals surface area contributed by atoms with Crippen LogP contribution in [0.1, 0.15) is 6.92 Å². The largest absolute Gasteiger partial charge is 0.492 e. The van der Waals surface area contributed by atoms with Crippen molar-refractivity contribution in [1.82, 2.24) is 9.13 Å². The second-order valence-electron chi connectivity index (χ2n) is 4.29. The van der Waals surface area contributed by atoms with E-state index >= 15 is 0 Å². The van der Waals surface area contributed by atoms with Gasteiger partial charge in [0, 0.05) is 24.5 Å². The second kappa shape index (κ2) is 6.10. The van der Waals surface area contributed by atoms with Crippen molar-refractivity contribution in [2.24, 2.45) is 0 Å². The molecule has 0 fully saturated rings. The predicted octanol–water partition coefficient (Wildman–Crippen LogP) is 0.691. The van der Waals surface area contributed by atoms with Crippen LogP contribution in [0.25, 0.3) is 0 Å². The van der Waals surface area contributed by atoms with Crippen molar-refractivity contribution in [3.05, 3.63) is 57.4 Å². The van der Waals surface area contributed by atoms with Crippen molar-refractivity contribution >= 4 is 5.69 Å². The summed E-state index contributed by atoms with van der Waals surface area (Å²) in [5.41, 5.74) is 5.59. The van der Waals surface area contributed by atoms with E-state index in [9.17, 15) is 9.59 Å². The molecule has 2 N–H and O–H groups in total.